The molecular weight excluding hydrogens is 395 g/mol. The Balaban J connectivity index is 1.69. The summed E-state index contributed by atoms with van der Waals surface area (Å²) in [7, 11) is 3.28. The lowest BCUT2D eigenvalue weighted by Crippen LogP contribution is -2.49. The van der Waals surface area contributed by atoms with Gasteiger partial charge in [-0.05, 0) is 42.9 Å². The van der Waals surface area contributed by atoms with Gasteiger partial charge in [-0.2, -0.15) is 8.75 Å². The number of ether oxygens (including phenoxy) is 1. The van der Waals surface area contributed by atoms with Crippen LogP contribution in [0.1, 0.15) is 28.9 Å². The molecule has 9 heteroatoms. The molecule has 3 rings (SSSR count). The van der Waals surface area contributed by atoms with Gasteiger partial charge >= 0.3 is 0 Å². The van der Waals surface area contributed by atoms with Crippen molar-refractivity contribution in [1.29, 1.82) is 0 Å². The van der Waals surface area contributed by atoms with E-state index in [1.54, 1.807) is 29.0 Å². The molecule has 1 aliphatic rings. The predicted octanol–water partition coefficient (Wildman–Crippen LogP) is 2.25. The summed E-state index contributed by atoms with van der Waals surface area (Å²) in [5.74, 6) is -0.247. The maximum Gasteiger partial charge on any atom is 0.275 e. The summed E-state index contributed by atoms with van der Waals surface area (Å²) in [5.41, 5.74) is 1.35. The number of methoxy groups -OCH3 is 1. The largest absolute Gasteiger partial charge is 0.375 e. The Bertz CT molecular complexity index is 808. The SMILES string of the molecule is COCC(=O)N(C)C(Cc1ccc(F)cc1)C1CCN(C(=O)c2cnsn2)CC1. The number of rotatable bonds is 7. The van der Waals surface area contributed by atoms with E-state index >= 15 is 0 Å². The average Bonchev–Trinajstić information content (AvgIpc) is 3.27. The molecule has 1 unspecified atom stereocenters. The quantitative estimate of drug-likeness (QED) is 0.687. The lowest BCUT2D eigenvalue weighted by atomic mass is 9.85. The zero-order chi connectivity index (χ0) is 20.8. The molecule has 7 nitrogen and oxygen atoms in total. The third-order valence-electron chi connectivity index (χ3n) is 5.47. The monoisotopic (exact) mass is 420 g/mol. The molecule has 2 amide bonds. The van der Waals surface area contributed by atoms with Crippen LogP contribution in [0.4, 0.5) is 4.39 Å². The van der Waals surface area contributed by atoms with Crippen molar-refractivity contribution >= 4 is 23.5 Å². The Hall–Kier alpha value is -2.39. The summed E-state index contributed by atoms with van der Waals surface area (Å²) in [6, 6.07) is 6.33. The van der Waals surface area contributed by atoms with Crippen LogP contribution in [-0.2, 0) is 16.0 Å². The molecular formula is C20H25FN4O3S. The van der Waals surface area contributed by atoms with E-state index in [1.165, 1.54) is 25.4 Å². The molecule has 2 heterocycles. The molecule has 0 saturated carbocycles. The van der Waals surface area contributed by atoms with Crippen LogP contribution in [-0.4, -0.2) is 70.3 Å². The van der Waals surface area contributed by atoms with Crippen LogP contribution in [0.3, 0.4) is 0 Å². The molecule has 1 atom stereocenters. The first-order chi connectivity index (χ1) is 14.0. The van der Waals surface area contributed by atoms with Crippen LogP contribution in [0.15, 0.2) is 30.5 Å². The lowest BCUT2D eigenvalue weighted by molar-refractivity contribution is -0.137. The molecule has 0 radical (unpaired) electrons. The molecule has 1 fully saturated rings. The number of carbonyl (C=O) groups excluding carboxylic acids is 2. The maximum atomic E-state index is 13.3. The first-order valence-electron chi connectivity index (χ1n) is 9.55. The number of carbonyl (C=O) groups is 2. The third-order valence-corrected chi connectivity index (χ3v) is 5.95. The van der Waals surface area contributed by atoms with Gasteiger partial charge in [-0.1, -0.05) is 12.1 Å². The minimum absolute atomic E-state index is 0.0184. The number of likely N-dealkylation sites (tertiary alicyclic amines) is 1. The third kappa shape index (κ3) is 5.36. The standard InChI is InChI=1S/C20H25FN4O3S/c1-24(19(26)13-28-2)18(11-14-3-5-16(21)6-4-14)15-7-9-25(10-8-15)20(27)17-12-22-29-23-17/h3-6,12,15,18H,7-11,13H2,1-2H3. The summed E-state index contributed by atoms with van der Waals surface area (Å²) in [5, 5.41) is 0. The van der Waals surface area contributed by atoms with Gasteiger partial charge in [0.1, 0.15) is 12.4 Å². The highest BCUT2D eigenvalue weighted by Gasteiger charge is 2.33. The van der Waals surface area contributed by atoms with Crippen LogP contribution in [0.5, 0.6) is 0 Å². The first-order valence-corrected chi connectivity index (χ1v) is 10.3. The van der Waals surface area contributed by atoms with Gasteiger partial charge in [-0.25, -0.2) is 4.39 Å². The Morgan fingerprint density at radius 2 is 2.00 bits per heavy atom. The van der Waals surface area contributed by atoms with Gasteiger partial charge in [0.2, 0.25) is 5.91 Å². The predicted molar refractivity (Wildman–Crippen MR) is 107 cm³/mol. The first kappa shape index (κ1) is 21.3. The second-order valence-corrected chi connectivity index (χ2v) is 7.81. The van der Waals surface area contributed by atoms with E-state index < -0.39 is 0 Å². The number of aromatic nitrogens is 2. The van der Waals surface area contributed by atoms with Gasteiger partial charge in [-0.3, -0.25) is 9.59 Å². The fraction of sp³-hybridized carbons (Fsp3) is 0.500. The zero-order valence-corrected chi connectivity index (χ0v) is 17.4. The number of amides is 2. The molecule has 0 N–H and O–H groups in total. The molecule has 29 heavy (non-hydrogen) atoms. The Kier molecular flexibility index (Phi) is 7.27. The van der Waals surface area contributed by atoms with Crippen LogP contribution in [0.2, 0.25) is 0 Å². The number of hydrogen-bond donors (Lipinski definition) is 0. The maximum absolute atomic E-state index is 13.3. The minimum Gasteiger partial charge on any atom is -0.375 e. The summed E-state index contributed by atoms with van der Waals surface area (Å²) in [4.78, 5) is 28.5. The van der Waals surface area contributed by atoms with Crippen molar-refractivity contribution in [1.82, 2.24) is 18.5 Å². The van der Waals surface area contributed by atoms with Gasteiger partial charge < -0.3 is 14.5 Å². The molecule has 0 bridgehead atoms. The zero-order valence-electron chi connectivity index (χ0n) is 16.6. The fourth-order valence-electron chi connectivity index (χ4n) is 3.80. The summed E-state index contributed by atoms with van der Waals surface area (Å²) >= 11 is 1.02. The molecule has 1 saturated heterocycles. The normalized spacial score (nSPS) is 15.9. The molecule has 1 aromatic carbocycles. The Morgan fingerprint density at radius 1 is 1.31 bits per heavy atom. The van der Waals surface area contributed by atoms with Crippen LogP contribution >= 0.6 is 11.7 Å². The minimum atomic E-state index is -0.280. The van der Waals surface area contributed by atoms with Crippen LogP contribution in [0, 0.1) is 11.7 Å². The van der Waals surface area contributed by atoms with Crippen molar-refractivity contribution in [3.05, 3.63) is 47.5 Å². The second-order valence-electron chi connectivity index (χ2n) is 7.26. The van der Waals surface area contributed by atoms with E-state index in [4.69, 9.17) is 4.74 Å². The van der Waals surface area contributed by atoms with E-state index in [-0.39, 0.29) is 36.2 Å². The summed E-state index contributed by atoms with van der Waals surface area (Å²) < 4.78 is 26.2. The Labute approximate surface area is 173 Å². The van der Waals surface area contributed by atoms with Crippen molar-refractivity contribution < 1.29 is 18.7 Å². The van der Waals surface area contributed by atoms with Gasteiger partial charge in [0.15, 0.2) is 5.69 Å². The van der Waals surface area contributed by atoms with E-state index in [0.29, 0.717) is 25.2 Å². The van der Waals surface area contributed by atoms with Gasteiger partial charge in [-0.15, -0.1) is 0 Å². The van der Waals surface area contributed by atoms with Crippen molar-refractivity contribution in [3.8, 4) is 0 Å². The van der Waals surface area contributed by atoms with Gasteiger partial charge in [0, 0.05) is 33.3 Å². The highest BCUT2D eigenvalue weighted by molar-refractivity contribution is 6.99. The average molecular weight is 421 g/mol. The van der Waals surface area contributed by atoms with Crippen molar-refractivity contribution in [3.63, 3.8) is 0 Å². The summed E-state index contributed by atoms with van der Waals surface area (Å²) in [6.07, 6.45) is 3.67. The van der Waals surface area contributed by atoms with Crippen molar-refractivity contribution in [2.45, 2.75) is 25.3 Å². The highest BCUT2D eigenvalue weighted by Crippen LogP contribution is 2.27. The van der Waals surface area contributed by atoms with E-state index in [0.717, 1.165) is 30.1 Å². The smallest absolute Gasteiger partial charge is 0.275 e. The topological polar surface area (TPSA) is 75.6 Å². The van der Waals surface area contributed by atoms with Crippen LogP contribution < -0.4 is 0 Å². The molecule has 0 aliphatic carbocycles. The number of likely N-dealkylation sites (N-methyl/N-ethyl adjacent to an activating group) is 1. The summed E-state index contributed by atoms with van der Waals surface area (Å²) in [6.45, 7) is 1.23. The molecule has 1 aliphatic heterocycles. The van der Waals surface area contributed by atoms with E-state index in [1.807, 2.05) is 0 Å². The Morgan fingerprint density at radius 3 is 2.59 bits per heavy atom. The van der Waals surface area contributed by atoms with Crippen LogP contribution in [0.25, 0.3) is 0 Å². The lowest BCUT2D eigenvalue weighted by Gasteiger charge is -2.40. The fourth-order valence-corrected chi connectivity index (χ4v) is 4.21. The molecule has 2 aromatic rings. The molecule has 1 aromatic heterocycles. The van der Waals surface area contributed by atoms with Gasteiger partial charge in [0.05, 0.1) is 17.9 Å². The van der Waals surface area contributed by atoms with E-state index in [9.17, 15) is 14.0 Å². The number of nitrogens with zero attached hydrogens (tertiary/aromatic N) is 4. The second kappa shape index (κ2) is 9.89. The van der Waals surface area contributed by atoms with Gasteiger partial charge in [0.25, 0.3) is 5.91 Å². The highest BCUT2D eigenvalue weighted by atomic mass is 32.1. The molecule has 0 spiro atoms. The number of hydrogen-bond acceptors (Lipinski definition) is 6. The van der Waals surface area contributed by atoms with E-state index in [2.05, 4.69) is 8.75 Å². The van der Waals surface area contributed by atoms with Crippen molar-refractivity contribution in [2.24, 2.45) is 5.92 Å². The number of piperidine rings is 1. The number of halogens is 1. The number of benzene rings is 1. The molecule has 156 valence electrons. The van der Waals surface area contributed by atoms with Crippen molar-refractivity contribution in [2.75, 3.05) is 33.9 Å².